The van der Waals surface area contributed by atoms with E-state index in [1.54, 1.807) is 0 Å². The SMILES string of the molecule is CCOCC(=O)Nc1ccccc1/N=C(\C)N(C)C.Cl. The van der Waals surface area contributed by atoms with E-state index in [-0.39, 0.29) is 24.9 Å². The number of anilines is 1. The van der Waals surface area contributed by atoms with E-state index in [0.29, 0.717) is 12.3 Å². The molecule has 112 valence electrons. The van der Waals surface area contributed by atoms with Gasteiger partial charge in [0.1, 0.15) is 12.4 Å². The zero-order chi connectivity index (χ0) is 14.3. The number of hydrogen-bond acceptors (Lipinski definition) is 3. The largest absolute Gasteiger partial charge is 0.372 e. The quantitative estimate of drug-likeness (QED) is 0.672. The number of para-hydroxylation sites is 2. The number of nitrogens with zero attached hydrogens (tertiary/aromatic N) is 2. The average Bonchev–Trinajstić information content (AvgIpc) is 2.38. The average molecular weight is 300 g/mol. The molecule has 0 aliphatic heterocycles. The number of hydrogen-bond donors (Lipinski definition) is 1. The van der Waals surface area contributed by atoms with Crippen LogP contribution in [0.3, 0.4) is 0 Å². The summed E-state index contributed by atoms with van der Waals surface area (Å²) in [5, 5.41) is 2.80. The lowest BCUT2D eigenvalue weighted by molar-refractivity contribution is -0.120. The van der Waals surface area contributed by atoms with Gasteiger partial charge in [0.15, 0.2) is 0 Å². The molecule has 0 saturated heterocycles. The van der Waals surface area contributed by atoms with Crippen LogP contribution < -0.4 is 5.32 Å². The predicted octanol–water partition coefficient (Wildman–Crippen LogP) is 2.69. The highest BCUT2D eigenvalue weighted by Crippen LogP contribution is 2.24. The van der Waals surface area contributed by atoms with E-state index in [4.69, 9.17) is 4.74 Å². The molecule has 0 heterocycles. The molecule has 20 heavy (non-hydrogen) atoms. The molecule has 0 aromatic heterocycles. The van der Waals surface area contributed by atoms with Crippen LogP contribution in [0.25, 0.3) is 0 Å². The van der Waals surface area contributed by atoms with Gasteiger partial charge in [-0.2, -0.15) is 0 Å². The number of nitrogens with one attached hydrogen (secondary N) is 1. The van der Waals surface area contributed by atoms with Crippen LogP contribution in [0.2, 0.25) is 0 Å². The predicted molar refractivity (Wildman–Crippen MR) is 85.3 cm³/mol. The lowest BCUT2D eigenvalue weighted by Crippen LogP contribution is -2.19. The molecule has 0 aliphatic carbocycles. The number of amidine groups is 1. The van der Waals surface area contributed by atoms with Crippen molar-refractivity contribution in [2.24, 2.45) is 4.99 Å². The van der Waals surface area contributed by atoms with Crippen LogP contribution in [0.4, 0.5) is 11.4 Å². The van der Waals surface area contributed by atoms with E-state index in [2.05, 4.69) is 10.3 Å². The summed E-state index contributed by atoms with van der Waals surface area (Å²) in [6, 6.07) is 7.44. The van der Waals surface area contributed by atoms with Gasteiger partial charge in [0.2, 0.25) is 5.91 Å². The Morgan fingerprint density at radius 1 is 1.35 bits per heavy atom. The minimum Gasteiger partial charge on any atom is -0.372 e. The smallest absolute Gasteiger partial charge is 0.250 e. The lowest BCUT2D eigenvalue weighted by Gasteiger charge is -2.13. The third kappa shape index (κ3) is 6.04. The summed E-state index contributed by atoms with van der Waals surface area (Å²) >= 11 is 0. The van der Waals surface area contributed by atoms with E-state index in [9.17, 15) is 4.79 Å². The summed E-state index contributed by atoms with van der Waals surface area (Å²) in [7, 11) is 3.85. The Bertz CT molecular complexity index is 461. The van der Waals surface area contributed by atoms with Crippen molar-refractivity contribution in [2.45, 2.75) is 13.8 Å². The summed E-state index contributed by atoms with van der Waals surface area (Å²) < 4.78 is 5.07. The van der Waals surface area contributed by atoms with Gasteiger partial charge in [0.25, 0.3) is 0 Å². The van der Waals surface area contributed by atoms with Crippen molar-refractivity contribution in [2.75, 3.05) is 32.6 Å². The van der Waals surface area contributed by atoms with Crippen molar-refractivity contribution in [3.63, 3.8) is 0 Å². The van der Waals surface area contributed by atoms with Gasteiger partial charge in [-0.25, -0.2) is 4.99 Å². The highest BCUT2D eigenvalue weighted by atomic mass is 35.5. The zero-order valence-electron chi connectivity index (χ0n) is 12.3. The maximum absolute atomic E-state index is 11.6. The molecule has 1 rings (SSSR count). The second-order valence-electron chi connectivity index (χ2n) is 4.26. The topological polar surface area (TPSA) is 53.9 Å². The normalized spacial score (nSPS) is 10.7. The van der Waals surface area contributed by atoms with Crippen LogP contribution in [0, 0.1) is 0 Å². The molecule has 0 unspecified atom stereocenters. The van der Waals surface area contributed by atoms with E-state index in [1.165, 1.54) is 0 Å². The minimum atomic E-state index is -0.174. The van der Waals surface area contributed by atoms with E-state index in [1.807, 2.05) is 57.1 Å². The molecule has 0 bridgehead atoms. The van der Waals surface area contributed by atoms with Crippen LogP contribution in [0.1, 0.15) is 13.8 Å². The first kappa shape index (κ1) is 18.4. The number of carbonyl (C=O) groups is 1. The first-order valence-corrected chi connectivity index (χ1v) is 6.23. The fraction of sp³-hybridized carbons (Fsp3) is 0.429. The molecular formula is C14H22ClN3O2. The van der Waals surface area contributed by atoms with Crippen LogP contribution in [0.5, 0.6) is 0 Å². The number of amides is 1. The zero-order valence-corrected chi connectivity index (χ0v) is 13.2. The van der Waals surface area contributed by atoms with E-state index >= 15 is 0 Å². The number of benzene rings is 1. The Labute approximate surface area is 126 Å². The number of halogens is 1. The fourth-order valence-corrected chi connectivity index (χ4v) is 1.33. The Morgan fingerprint density at radius 2 is 2.00 bits per heavy atom. The number of rotatable bonds is 5. The fourth-order valence-electron chi connectivity index (χ4n) is 1.33. The Kier molecular flexibility index (Phi) is 8.59. The molecule has 1 aromatic rings. The summed E-state index contributed by atoms with van der Waals surface area (Å²) in [6.07, 6.45) is 0. The lowest BCUT2D eigenvalue weighted by atomic mass is 10.2. The molecule has 0 saturated carbocycles. The molecule has 1 aromatic carbocycles. The molecule has 5 nitrogen and oxygen atoms in total. The van der Waals surface area contributed by atoms with Crippen molar-refractivity contribution in [1.82, 2.24) is 4.90 Å². The highest BCUT2D eigenvalue weighted by molar-refractivity contribution is 5.95. The van der Waals surface area contributed by atoms with Gasteiger partial charge in [-0.1, -0.05) is 12.1 Å². The Hall–Kier alpha value is -1.59. The van der Waals surface area contributed by atoms with Gasteiger partial charge < -0.3 is 15.0 Å². The number of carbonyl (C=O) groups excluding carboxylic acids is 1. The highest BCUT2D eigenvalue weighted by Gasteiger charge is 2.06. The first-order chi connectivity index (χ1) is 9.04. The maximum atomic E-state index is 11.6. The molecule has 0 atom stereocenters. The third-order valence-corrected chi connectivity index (χ3v) is 2.54. The van der Waals surface area contributed by atoms with Crippen LogP contribution in [0.15, 0.2) is 29.3 Å². The van der Waals surface area contributed by atoms with Gasteiger partial charge in [-0.3, -0.25) is 4.79 Å². The van der Waals surface area contributed by atoms with Crippen molar-refractivity contribution >= 4 is 35.5 Å². The van der Waals surface area contributed by atoms with Gasteiger partial charge in [0, 0.05) is 20.7 Å². The van der Waals surface area contributed by atoms with Crippen molar-refractivity contribution in [1.29, 1.82) is 0 Å². The molecular weight excluding hydrogens is 278 g/mol. The van der Waals surface area contributed by atoms with E-state index in [0.717, 1.165) is 11.5 Å². The van der Waals surface area contributed by atoms with Crippen LogP contribution >= 0.6 is 12.4 Å². The Morgan fingerprint density at radius 3 is 2.60 bits per heavy atom. The number of aliphatic imine (C=N–C) groups is 1. The van der Waals surface area contributed by atoms with Gasteiger partial charge >= 0.3 is 0 Å². The number of ether oxygens (including phenoxy) is 1. The van der Waals surface area contributed by atoms with Crippen molar-refractivity contribution in [3.05, 3.63) is 24.3 Å². The van der Waals surface area contributed by atoms with Gasteiger partial charge in [-0.15, -0.1) is 12.4 Å². The van der Waals surface area contributed by atoms with Gasteiger partial charge in [0.05, 0.1) is 11.4 Å². The molecule has 0 spiro atoms. The van der Waals surface area contributed by atoms with Crippen LogP contribution in [-0.4, -0.2) is 44.0 Å². The summed E-state index contributed by atoms with van der Waals surface area (Å²) in [6.45, 7) is 4.35. The van der Waals surface area contributed by atoms with Gasteiger partial charge in [-0.05, 0) is 26.0 Å². The summed E-state index contributed by atoms with van der Waals surface area (Å²) in [4.78, 5) is 18.0. The summed E-state index contributed by atoms with van der Waals surface area (Å²) in [5.74, 6) is 0.693. The molecule has 0 radical (unpaired) electrons. The molecule has 1 amide bonds. The Balaban J connectivity index is 0.00000361. The minimum absolute atomic E-state index is 0. The second-order valence-corrected chi connectivity index (χ2v) is 4.26. The molecule has 1 N–H and O–H groups in total. The molecule has 0 fully saturated rings. The van der Waals surface area contributed by atoms with Crippen molar-refractivity contribution < 1.29 is 9.53 Å². The van der Waals surface area contributed by atoms with Crippen LogP contribution in [-0.2, 0) is 9.53 Å². The molecule has 6 heteroatoms. The van der Waals surface area contributed by atoms with Crippen molar-refractivity contribution in [3.8, 4) is 0 Å². The molecule has 0 aliphatic rings. The summed E-state index contributed by atoms with van der Waals surface area (Å²) in [5.41, 5.74) is 1.42. The maximum Gasteiger partial charge on any atom is 0.250 e. The van der Waals surface area contributed by atoms with E-state index < -0.39 is 0 Å². The first-order valence-electron chi connectivity index (χ1n) is 6.23. The third-order valence-electron chi connectivity index (χ3n) is 2.54. The monoisotopic (exact) mass is 299 g/mol. The standard InChI is InChI=1S/C14H21N3O2.ClH/c1-5-19-10-14(18)16-13-9-7-6-8-12(13)15-11(2)17(3)4;/h6-9H,5,10H2,1-4H3,(H,16,18);1H/b15-11+;. The second kappa shape index (κ2) is 9.34.